The zero-order valence-corrected chi connectivity index (χ0v) is 12.4. The second-order valence-electron chi connectivity index (χ2n) is 3.88. The molecule has 4 heteroatoms. The van der Waals surface area contributed by atoms with Crippen LogP contribution in [0.3, 0.4) is 0 Å². The van der Waals surface area contributed by atoms with Gasteiger partial charge in [-0.05, 0) is 36.9 Å². The van der Waals surface area contributed by atoms with Gasteiger partial charge in [-0.1, -0.05) is 13.0 Å². The Bertz CT molecular complexity index is 480. The van der Waals surface area contributed by atoms with Crippen LogP contribution < -0.4 is 0 Å². The number of thioether (sulfide) groups is 2. The molecule has 0 saturated heterocycles. The molecule has 0 aliphatic carbocycles. The van der Waals surface area contributed by atoms with Crippen molar-refractivity contribution in [3.63, 3.8) is 0 Å². The first-order chi connectivity index (χ1) is 8.83. The van der Waals surface area contributed by atoms with E-state index < -0.39 is 0 Å². The fraction of sp³-hybridized carbons (Fsp3) is 0.357. The Morgan fingerprint density at radius 1 is 1.17 bits per heavy atom. The van der Waals surface area contributed by atoms with Crippen LogP contribution in [0.4, 0.5) is 0 Å². The fourth-order valence-corrected chi connectivity index (χ4v) is 3.59. The molecule has 0 aromatic carbocycles. The molecule has 0 fully saturated rings. The summed E-state index contributed by atoms with van der Waals surface area (Å²) in [6.07, 6.45) is 1.84. The van der Waals surface area contributed by atoms with Crippen molar-refractivity contribution < 1.29 is 0 Å². The minimum absolute atomic E-state index is 1.01. The Labute approximate surface area is 117 Å². The first-order valence-electron chi connectivity index (χ1n) is 6.13. The molecule has 0 bridgehead atoms. The molecule has 18 heavy (non-hydrogen) atoms. The zero-order chi connectivity index (χ0) is 12.8. The van der Waals surface area contributed by atoms with Gasteiger partial charge < -0.3 is 0 Å². The van der Waals surface area contributed by atoms with E-state index in [-0.39, 0.29) is 0 Å². The van der Waals surface area contributed by atoms with E-state index in [1.807, 2.05) is 41.9 Å². The Morgan fingerprint density at radius 3 is 2.78 bits per heavy atom. The van der Waals surface area contributed by atoms with Gasteiger partial charge in [0, 0.05) is 23.4 Å². The summed E-state index contributed by atoms with van der Waals surface area (Å²) in [5.41, 5.74) is 1.24. The number of nitrogens with zero attached hydrogens (tertiary/aromatic N) is 2. The molecule has 0 spiro atoms. The van der Waals surface area contributed by atoms with Gasteiger partial charge in [-0.15, -0.1) is 11.8 Å². The summed E-state index contributed by atoms with van der Waals surface area (Å²) in [6.45, 7) is 4.33. The maximum Gasteiger partial charge on any atom is 0.137 e. The first-order valence-corrected chi connectivity index (χ1v) is 8.27. The van der Waals surface area contributed by atoms with Gasteiger partial charge in [0.1, 0.15) is 5.82 Å². The van der Waals surface area contributed by atoms with Gasteiger partial charge in [0.05, 0.1) is 5.03 Å². The average molecular weight is 278 g/mol. The van der Waals surface area contributed by atoms with E-state index in [9.17, 15) is 0 Å². The normalized spacial score (nSPS) is 10.8. The molecule has 2 heterocycles. The van der Waals surface area contributed by atoms with Gasteiger partial charge in [0.25, 0.3) is 0 Å². The van der Waals surface area contributed by atoms with E-state index >= 15 is 0 Å². The average Bonchev–Trinajstić information content (AvgIpc) is 2.77. The number of hydrogen-bond acceptors (Lipinski definition) is 3. The summed E-state index contributed by atoms with van der Waals surface area (Å²) < 4.78 is 2.22. The molecule has 0 amide bonds. The van der Waals surface area contributed by atoms with E-state index in [0.29, 0.717) is 0 Å². The maximum atomic E-state index is 4.43. The molecule has 2 rings (SSSR count). The van der Waals surface area contributed by atoms with Gasteiger partial charge in [0.15, 0.2) is 0 Å². The molecule has 2 aromatic heterocycles. The molecular formula is C14H18N2S2. The monoisotopic (exact) mass is 278 g/mol. The predicted molar refractivity (Wildman–Crippen MR) is 82.0 cm³/mol. The van der Waals surface area contributed by atoms with E-state index in [1.54, 1.807) is 0 Å². The lowest BCUT2D eigenvalue weighted by molar-refractivity contribution is 0.876. The highest BCUT2D eigenvalue weighted by molar-refractivity contribution is 8.02. The summed E-state index contributed by atoms with van der Waals surface area (Å²) in [5.74, 6) is 4.55. The molecule has 0 radical (unpaired) electrons. The maximum absolute atomic E-state index is 4.43. The van der Waals surface area contributed by atoms with E-state index in [2.05, 4.69) is 41.6 Å². The Kier molecular flexibility index (Phi) is 5.20. The Balaban J connectivity index is 2.12. The molecule has 0 aliphatic heterocycles. The quantitative estimate of drug-likeness (QED) is 0.587. The fourth-order valence-electron chi connectivity index (χ4n) is 1.76. The third-order valence-corrected chi connectivity index (χ3v) is 4.78. The SMILES string of the molecule is CCSCCSc1ccc(C)n1-c1ccccn1. The second kappa shape index (κ2) is 6.90. The summed E-state index contributed by atoms with van der Waals surface area (Å²) in [7, 11) is 0. The standard InChI is InChI=1S/C14H18N2S2/c1-3-17-10-11-18-14-8-7-12(2)16(14)13-6-4-5-9-15-13/h4-9H,3,10-11H2,1-2H3. The summed E-state index contributed by atoms with van der Waals surface area (Å²) in [4.78, 5) is 4.43. The second-order valence-corrected chi connectivity index (χ2v) is 6.39. The van der Waals surface area contributed by atoms with Crippen LogP contribution in [0.15, 0.2) is 41.6 Å². The zero-order valence-electron chi connectivity index (χ0n) is 10.8. The molecule has 96 valence electrons. The number of hydrogen-bond donors (Lipinski definition) is 0. The molecular weight excluding hydrogens is 260 g/mol. The van der Waals surface area contributed by atoms with Crippen molar-refractivity contribution in [2.45, 2.75) is 18.9 Å². The van der Waals surface area contributed by atoms with Crippen LogP contribution in [-0.2, 0) is 0 Å². The van der Waals surface area contributed by atoms with Gasteiger partial charge in [0.2, 0.25) is 0 Å². The minimum Gasteiger partial charge on any atom is -0.293 e. The molecule has 0 atom stereocenters. The molecule has 2 nitrogen and oxygen atoms in total. The van der Waals surface area contributed by atoms with Crippen LogP contribution >= 0.6 is 23.5 Å². The van der Waals surface area contributed by atoms with Gasteiger partial charge >= 0.3 is 0 Å². The third-order valence-electron chi connectivity index (χ3n) is 2.60. The topological polar surface area (TPSA) is 17.8 Å². The van der Waals surface area contributed by atoms with Crippen molar-refractivity contribution in [1.29, 1.82) is 0 Å². The van der Waals surface area contributed by atoms with Crippen LogP contribution in [0.25, 0.3) is 5.82 Å². The minimum atomic E-state index is 1.01. The first kappa shape index (κ1) is 13.6. The van der Waals surface area contributed by atoms with Crippen LogP contribution in [0.5, 0.6) is 0 Å². The van der Waals surface area contributed by atoms with E-state index in [1.165, 1.54) is 22.2 Å². The Morgan fingerprint density at radius 2 is 2.06 bits per heavy atom. The van der Waals surface area contributed by atoms with Gasteiger partial charge in [-0.2, -0.15) is 11.8 Å². The molecule has 0 N–H and O–H groups in total. The molecule has 0 unspecified atom stereocenters. The number of aromatic nitrogens is 2. The van der Waals surface area contributed by atoms with Crippen molar-refractivity contribution >= 4 is 23.5 Å². The lowest BCUT2D eigenvalue weighted by atomic mass is 10.4. The van der Waals surface area contributed by atoms with Crippen LogP contribution in [0.2, 0.25) is 0 Å². The molecule has 2 aromatic rings. The van der Waals surface area contributed by atoms with Gasteiger partial charge in [-0.3, -0.25) is 4.57 Å². The highest BCUT2D eigenvalue weighted by Gasteiger charge is 2.08. The summed E-state index contributed by atoms with van der Waals surface area (Å²) in [5, 5.41) is 1.28. The molecule has 0 saturated carbocycles. The Hall–Kier alpha value is -0.870. The number of aryl methyl sites for hydroxylation is 1. The van der Waals surface area contributed by atoms with E-state index in [0.717, 1.165) is 11.6 Å². The van der Waals surface area contributed by atoms with E-state index in [4.69, 9.17) is 0 Å². The largest absolute Gasteiger partial charge is 0.293 e. The van der Waals surface area contributed by atoms with Crippen molar-refractivity contribution in [2.75, 3.05) is 17.3 Å². The van der Waals surface area contributed by atoms with Gasteiger partial charge in [-0.25, -0.2) is 4.98 Å². The predicted octanol–water partition coefficient (Wildman–Crippen LogP) is 4.03. The lowest BCUT2D eigenvalue weighted by Gasteiger charge is -2.10. The van der Waals surface area contributed by atoms with Crippen molar-refractivity contribution in [2.24, 2.45) is 0 Å². The van der Waals surface area contributed by atoms with Crippen LogP contribution in [0, 0.1) is 6.92 Å². The third kappa shape index (κ3) is 3.33. The highest BCUT2D eigenvalue weighted by Crippen LogP contribution is 2.25. The van der Waals surface area contributed by atoms with Crippen LogP contribution in [0.1, 0.15) is 12.6 Å². The van der Waals surface area contributed by atoms with Crippen molar-refractivity contribution in [1.82, 2.24) is 9.55 Å². The van der Waals surface area contributed by atoms with Crippen molar-refractivity contribution in [3.05, 3.63) is 42.2 Å². The summed E-state index contributed by atoms with van der Waals surface area (Å²) >= 11 is 3.89. The molecule has 0 aliphatic rings. The summed E-state index contributed by atoms with van der Waals surface area (Å²) in [6, 6.07) is 10.4. The number of rotatable bonds is 6. The van der Waals surface area contributed by atoms with Crippen molar-refractivity contribution in [3.8, 4) is 5.82 Å². The smallest absolute Gasteiger partial charge is 0.137 e. The highest BCUT2D eigenvalue weighted by atomic mass is 32.2. The van der Waals surface area contributed by atoms with Crippen LogP contribution in [-0.4, -0.2) is 26.8 Å². The number of pyridine rings is 1. The lowest BCUT2D eigenvalue weighted by Crippen LogP contribution is -2.00.